The smallest absolute Gasteiger partial charge is 0.336 e. The molecule has 37 heavy (non-hydrogen) atoms. The number of ether oxygens (including phenoxy) is 2. The molecule has 1 aromatic rings. The molecular weight excluding hydrogens is 523 g/mol. The van der Waals surface area contributed by atoms with Crippen molar-refractivity contribution in [1.82, 2.24) is 15.5 Å². The third-order valence-corrected chi connectivity index (χ3v) is 6.26. The Morgan fingerprint density at radius 2 is 1.70 bits per heavy atom. The SMILES string of the molecule is COC(=O)C1=C(C)NC(C)=C(C(=O)OCC(C)(C)CN2CCNCC2)C1c1cccc([N+](=O)[O-])c1.Cl.Cl. The van der Waals surface area contributed by atoms with Gasteiger partial charge in [-0.25, -0.2) is 9.59 Å². The number of nitrogens with one attached hydrogen (secondary N) is 2. The largest absolute Gasteiger partial charge is 0.466 e. The van der Waals surface area contributed by atoms with E-state index in [9.17, 15) is 19.7 Å². The number of nitro groups is 1. The summed E-state index contributed by atoms with van der Waals surface area (Å²) in [7, 11) is 1.26. The Bertz CT molecular complexity index is 1070. The van der Waals surface area contributed by atoms with Gasteiger partial charge in [-0.15, -0.1) is 24.8 Å². The molecule has 1 unspecified atom stereocenters. The Morgan fingerprint density at radius 3 is 2.27 bits per heavy atom. The lowest BCUT2D eigenvalue weighted by Crippen LogP contribution is -2.48. The van der Waals surface area contributed by atoms with E-state index in [0.717, 1.165) is 32.7 Å². The van der Waals surface area contributed by atoms with Crippen LogP contribution in [0.5, 0.6) is 0 Å². The number of hydrogen-bond acceptors (Lipinski definition) is 9. The predicted octanol–water partition coefficient (Wildman–Crippen LogP) is 3.32. The first-order chi connectivity index (χ1) is 16.5. The maximum atomic E-state index is 13.5. The van der Waals surface area contributed by atoms with Crippen LogP contribution in [0.15, 0.2) is 46.8 Å². The van der Waals surface area contributed by atoms with Gasteiger partial charge in [-0.3, -0.25) is 10.1 Å². The van der Waals surface area contributed by atoms with Gasteiger partial charge in [-0.05, 0) is 19.4 Å². The summed E-state index contributed by atoms with van der Waals surface area (Å²) in [6.45, 7) is 12.2. The van der Waals surface area contributed by atoms with Crippen LogP contribution in [0.25, 0.3) is 0 Å². The summed E-state index contributed by atoms with van der Waals surface area (Å²) >= 11 is 0. The zero-order valence-corrected chi connectivity index (χ0v) is 23.4. The van der Waals surface area contributed by atoms with Crippen molar-refractivity contribution in [2.24, 2.45) is 5.41 Å². The molecule has 2 aliphatic heterocycles. The summed E-state index contributed by atoms with van der Waals surface area (Å²) < 4.78 is 10.8. The lowest BCUT2D eigenvalue weighted by molar-refractivity contribution is -0.384. The number of piperazine rings is 1. The molecule has 1 fully saturated rings. The van der Waals surface area contributed by atoms with Crippen molar-refractivity contribution >= 4 is 42.4 Å². The predicted molar refractivity (Wildman–Crippen MR) is 145 cm³/mol. The molecule has 2 heterocycles. The van der Waals surface area contributed by atoms with Gasteiger partial charge in [0.2, 0.25) is 0 Å². The monoisotopic (exact) mass is 558 g/mol. The molecule has 0 bridgehead atoms. The Kier molecular flexibility index (Phi) is 12.0. The number of allylic oxidation sites excluding steroid dienone is 2. The lowest BCUT2D eigenvalue weighted by atomic mass is 9.80. The molecule has 0 aliphatic carbocycles. The number of non-ortho nitro benzene ring substituents is 1. The summed E-state index contributed by atoms with van der Waals surface area (Å²) in [6.07, 6.45) is 0. The Balaban J connectivity index is 0.00000342. The maximum Gasteiger partial charge on any atom is 0.336 e. The summed E-state index contributed by atoms with van der Waals surface area (Å²) in [5.74, 6) is -2.07. The van der Waals surface area contributed by atoms with Crippen molar-refractivity contribution < 1.29 is 24.0 Å². The fourth-order valence-electron chi connectivity index (χ4n) is 4.66. The summed E-state index contributed by atoms with van der Waals surface area (Å²) in [5.41, 5.74) is 1.50. The first kappa shape index (κ1) is 32.4. The van der Waals surface area contributed by atoms with Crippen molar-refractivity contribution in [2.75, 3.05) is 46.4 Å². The first-order valence-corrected chi connectivity index (χ1v) is 11.7. The van der Waals surface area contributed by atoms with Gasteiger partial charge in [-0.1, -0.05) is 26.0 Å². The Morgan fingerprint density at radius 1 is 1.11 bits per heavy atom. The number of nitro benzene ring substituents is 1. The number of rotatable bonds is 8. The van der Waals surface area contributed by atoms with Gasteiger partial charge in [0.15, 0.2) is 0 Å². The van der Waals surface area contributed by atoms with Crippen molar-refractivity contribution in [2.45, 2.75) is 33.6 Å². The second kappa shape index (κ2) is 13.8. The summed E-state index contributed by atoms with van der Waals surface area (Å²) in [4.78, 5) is 39.5. The number of dihydropyridines is 1. The van der Waals surface area contributed by atoms with Crippen LogP contribution in [0, 0.1) is 15.5 Å². The Hall–Kier alpha value is -2.66. The first-order valence-electron chi connectivity index (χ1n) is 11.7. The highest BCUT2D eigenvalue weighted by Gasteiger charge is 2.39. The van der Waals surface area contributed by atoms with Crippen LogP contribution < -0.4 is 10.6 Å². The number of benzene rings is 1. The van der Waals surface area contributed by atoms with Gasteiger partial charge in [0.05, 0.1) is 35.7 Å². The zero-order chi connectivity index (χ0) is 25.8. The number of carbonyl (C=O) groups is 2. The van der Waals surface area contributed by atoms with E-state index in [4.69, 9.17) is 9.47 Å². The minimum Gasteiger partial charge on any atom is -0.466 e. The van der Waals surface area contributed by atoms with Crippen molar-refractivity contribution in [3.63, 3.8) is 0 Å². The van der Waals surface area contributed by atoms with E-state index < -0.39 is 22.8 Å². The molecular formula is C25H36Cl2N4O6. The Labute approximate surface area is 229 Å². The van der Waals surface area contributed by atoms with Crippen LogP contribution in [0.4, 0.5) is 5.69 Å². The number of methoxy groups -OCH3 is 1. The average Bonchev–Trinajstić information content (AvgIpc) is 2.82. The molecule has 0 radical (unpaired) electrons. The van der Waals surface area contributed by atoms with Crippen molar-refractivity contribution in [1.29, 1.82) is 0 Å². The third kappa shape index (κ3) is 7.91. The summed E-state index contributed by atoms with van der Waals surface area (Å²) in [6, 6.07) is 5.94. The fraction of sp³-hybridized carbons (Fsp3) is 0.520. The molecule has 3 rings (SSSR count). The number of nitrogens with zero attached hydrogens (tertiary/aromatic N) is 2. The molecule has 0 spiro atoms. The minimum absolute atomic E-state index is 0. The maximum absolute atomic E-state index is 13.5. The second-order valence-electron chi connectivity index (χ2n) is 9.75. The molecule has 1 saturated heterocycles. The lowest BCUT2D eigenvalue weighted by Gasteiger charge is -2.35. The fourth-order valence-corrected chi connectivity index (χ4v) is 4.66. The van der Waals surface area contributed by atoms with Gasteiger partial charge in [0.1, 0.15) is 0 Å². The molecule has 206 valence electrons. The van der Waals surface area contributed by atoms with E-state index in [-0.39, 0.29) is 53.7 Å². The highest BCUT2D eigenvalue weighted by Crippen LogP contribution is 2.40. The zero-order valence-electron chi connectivity index (χ0n) is 21.8. The highest BCUT2D eigenvalue weighted by molar-refractivity contribution is 5.99. The van der Waals surface area contributed by atoms with Crippen LogP contribution >= 0.6 is 24.8 Å². The van der Waals surface area contributed by atoms with Gasteiger partial charge in [0.25, 0.3) is 5.69 Å². The number of halogens is 2. The minimum atomic E-state index is -0.868. The van der Waals surface area contributed by atoms with E-state index in [1.165, 1.54) is 25.3 Å². The van der Waals surface area contributed by atoms with Gasteiger partial charge in [-0.2, -0.15) is 0 Å². The molecule has 10 nitrogen and oxygen atoms in total. The van der Waals surface area contributed by atoms with Crippen molar-refractivity contribution in [3.05, 3.63) is 62.5 Å². The van der Waals surface area contributed by atoms with Crippen LogP contribution in [-0.2, 0) is 19.1 Å². The van der Waals surface area contributed by atoms with Gasteiger partial charge >= 0.3 is 11.9 Å². The van der Waals surface area contributed by atoms with Gasteiger partial charge < -0.3 is 25.0 Å². The highest BCUT2D eigenvalue weighted by atomic mass is 35.5. The number of carbonyl (C=O) groups excluding carboxylic acids is 2. The number of esters is 2. The van der Waals surface area contributed by atoms with Crippen LogP contribution in [0.3, 0.4) is 0 Å². The number of hydrogen-bond donors (Lipinski definition) is 2. The van der Waals surface area contributed by atoms with E-state index in [0.29, 0.717) is 17.0 Å². The topological polar surface area (TPSA) is 123 Å². The quantitative estimate of drug-likeness (QED) is 0.281. The molecule has 2 N–H and O–H groups in total. The second-order valence-corrected chi connectivity index (χ2v) is 9.75. The standard InChI is InChI=1S/C25H34N4O6.2ClH/c1-16-20(23(30)34-5)22(18-7-6-8-19(13-18)29(32)33)21(17(2)27-16)24(31)35-15-25(3,4)14-28-11-9-26-10-12-28;;/h6-8,13,22,26-27H,9-12,14-15H2,1-5H3;2*1H. The van der Waals surface area contributed by atoms with Gasteiger partial charge in [0, 0.05) is 61.7 Å². The van der Waals surface area contributed by atoms with Crippen LogP contribution in [-0.4, -0.2) is 68.2 Å². The summed E-state index contributed by atoms with van der Waals surface area (Å²) in [5, 5.41) is 17.8. The molecule has 12 heteroatoms. The van der Waals surface area contributed by atoms with E-state index in [1.807, 2.05) is 13.8 Å². The molecule has 0 aromatic heterocycles. The van der Waals surface area contributed by atoms with E-state index in [2.05, 4.69) is 15.5 Å². The molecule has 2 aliphatic rings. The molecule has 0 amide bonds. The van der Waals surface area contributed by atoms with Crippen LogP contribution in [0.2, 0.25) is 0 Å². The molecule has 1 aromatic carbocycles. The molecule has 0 saturated carbocycles. The van der Waals surface area contributed by atoms with Crippen molar-refractivity contribution in [3.8, 4) is 0 Å². The van der Waals surface area contributed by atoms with E-state index in [1.54, 1.807) is 19.9 Å². The third-order valence-electron chi connectivity index (χ3n) is 6.26. The molecule has 1 atom stereocenters. The normalized spacial score (nSPS) is 18.2. The van der Waals surface area contributed by atoms with E-state index >= 15 is 0 Å². The average molecular weight is 559 g/mol. The van der Waals surface area contributed by atoms with Crippen LogP contribution in [0.1, 0.15) is 39.2 Å².